The first-order valence-electron chi connectivity index (χ1n) is 9.30. The van der Waals surface area contributed by atoms with Crippen molar-refractivity contribution in [3.63, 3.8) is 0 Å². The van der Waals surface area contributed by atoms with Gasteiger partial charge in [0, 0.05) is 42.4 Å². The summed E-state index contributed by atoms with van der Waals surface area (Å²) in [5.74, 6) is 1.03. The van der Waals surface area contributed by atoms with Crippen LogP contribution in [0.5, 0.6) is 5.75 Å². The number of benzene rings is 1. The first kappa shape index (κ1) is 16.8. The lowest BCUT2D eigenvalue weighted by Crippen LogP contribution is -2.59. The van der Waals surface area contributed by atoms with E-state index in [1.54, 1.807) is 11.3 Å². The SMILES string of the molecule is CCN1CCC2(CC1)Oc1ccc(Br)cc1C1CC(c3cccs3)=NN12. The fourth-order valence-electron chi connectivity index (χ4n) is 4.39. The van der Waals surface area contributed by atoms with E-state index in [1.165, 1.54) is 16.2 Å². The van der Waals surface area contributed by atoms with Crippen molar-refractivity contribution in [2.75, 3.05) is 19.6 Å². The number of nitrogens with zero attached hydrogens (tertiary/aromatic N) is 3. The predicted octanol–water partition coefficient (Wildman–Crippen LogP) is 4.87. The topological polar surface area (TPSA) is 28.1 Å². The second-order valence-corrected chi connectivity index (χ2v) is 9.12. The molecule has 0 radical (unpaired) electrons. The average Bonchev–Trinajstić information content (AvgIpc) is 3.33. The van der Waals surface area contributed by atoms with Crippen LogP contribution in [0.2, 0.25) is 0 Å². The van der Waals surface area contributed by atoms with Crippen LogP contribution in [0.25, 0.3) is 0 Å². The van der Waals surface area contributed by atoms with Crippen LogP contribution in [0, 0.1) is 0 Å². The minimum absolute atomic E-state index is 0.265. The Balaban J connectivity index is 1.57. The van der Waals surface area contributed by atoms with E-state index >= 15 is 0 Å². The maximum Gasteiger partial charge on any atom is 0.200 e. The van der Waals surface area contributed by atoms with Crippen molar-refractivity contribution in [1.82, 2.24) is 9.91 Å². The lowest BCUT2D eigenvalue weighted by Gasteiger charge is -2.51. The summed E-state index contributed by atoms with van der Waals surface area (Å²) in [5, 5.41) is 9.54. The number of hydrazone groups is 1. The normalized spacial score (nSPS) is 24.2. The van der Waals surface area contributed by atoms with E-state index in [-0.39, 0.29) is 11.8 Å². The molecular formula is C20H22BrN3OS. The first-order valence-corrected chi connectivity index (χ1v) is 11.0. The van der Waals surface area contributed by atoms with E-state index < -0.39 is 0 Å². The molecule has 4 nitrogen and oxygen atoms in total. The second-order valence-electron chi connectivity index (χ2n) is 7.25. The van der Waals surface area contributed by atoms with Crippen molar-refractivity contribution in [1.29, 1.82) is 0 Å². The smallest absolute Gasteiger partial charge is 0.200 e. The molecule has 1 spiro atoms. The lowest BCUT2D eigenvalue weighted by molar-refractivity contribution is -0.149. The molecule has 1 saturated heterocycles. The fourth-order valence-corrected chi connectivity index (χ4v) is 5.49. The molecule has 0 saturated carbocycles. The van der Waals surface area contributed by atoms with Crippen LogP contribution in [-0.4, -0.2) is 41.0 Å². The van der Waals surface area contributed by atoms with Gasteiger partial charge in [0.2, 0.25) is 5.72 Å². The van der Waals surface area contributed by atoms with Gasteiger partial charge < -0.3 is 9.64 Å². The molecule has 1 fully saturated rings. The maximum atomic E-state index is 6.66. The third-order valence-corrected chi connectivity index (χ3v) is 7.26. The van der Waals surface area contributed by atoms with Gasteiger partial charge in [0.05, 0.1) is 16.6 Å². The Bertz CT molecular complexity index is 843. The van der Waals surface area contributed by atoms with Crippen LogP contribution >= 0.6 is 27.3 Å². The largest absolute Gasteiger partial charge is 0.466 e. The summed E-state index contributed by atoms with van der Waals surface area (Å²) >= 11 is 5.40. The summed E-state index contributed by atoms with van der Waals surface area (Å²) in [6.45, 7) is 5.47. The van der Waals surface area contributed by atoms with Crippen molar-refractivity contribution in [3.8, 4) is 5.75 Å². The number of fused-ring (bicyclic) bond motifs is 4. The van der Waals surface area contributed by atoms with E-state index in [4.69, 9.17) is 9.84 Å². The minimum Gasteiger partial charge on any atom is -0.466 e. The van der Waals surface area contributed by atoms with Gasteiger partial charge in [-0.2, -0.15) is 5.10 Å². The molecule has 3 aliphatic rings. The van der Waals surface area contributed by atoms with Gasteiger partial charge in [-0.1, -0.05) is 28.9 Å². The molecule has 4 heterocycles. The molecule has 1 atom stereocenters. The van der Waals surface area contributed by atoms with Gasteiger partial charge in [-0.15, -0.1) is 11.3 Å². The number of hydrogen-bond donors (Lipinski definition) is 0. The van der Waals surface area contributed by atoms with Gasteiger partial charge in [0.15, 0.2) is 0 Å². The Kier molecular flexibility index (Phi) is 4.10. The molecule has 0 N–H and O–H groups in total. The number of likely N-dealkylation sites (tertiary alicyclic amines) is 1. The number of piperidine rings is 1. The Hall–Kier alpha value is -1.37. The van der Waals surface area contributed by atoms with Crippen LogP contribution in [0.3, 0.4) is 0 Å². The number of hydrogen-bond acceptors (Lipinski definition) is 5. The molecule has 6 heteroatoms. The van der Waals surface area contributed by atoms with Crippen molar-refractivity contribution in [2.24, 2.45) is 5.10 Å². The van der Waals surface area contributed by atoms with Crippen molar-refractivity contribution in [2.45, 2.75) is 38.0 Å². The predicted molar refractivity (Wildman–Crippen MR) is 109 cm³/mol. The zero-order chi connectivity index (χ0) is 17.7. The lowest BCUT2D eigenvalue weighted by atomic mass is 9.91. The number of thiophene rings is 1. The highest BCUT2D eigenvalue weighted by Crippen LogP contribution is 2.50. The molecule has 5 rings (SSSR count). The van der Waals surface area contributed by atoms with Gasteiger partial charge in [-0.05, 0) is 36.2 Å². The number of halogens is 1. The molecule has 0 bridgehead atoms. The Labute approximate surface area is 166 Å². The van der Waals surface area contributed by atoms with Crippen molar-refractivity contribution < 1.29 is 4.74 Å². The summed E-state index contributed by atoms with van der Waals surface area (Å²) in [7, 11) is 0. The van der Waals surface area contributed by atoms with E-state index in [2.05, 4.69) is 68.5 Å². The van der Waals surface area contributed by atoms with Gasteiger partial charge in [0.1, 0.15) is 5.75 Å². The van der Waals surface area contributed by atoms with Crippen LogP contribution in [0.4, 0.5) is 0 Å². The van der Waals surface area contributed by atoms with E-state index in [9.17, 15) is 0 Å². The Morgan fingerprint density at radius 3 is 2.88 bits per heavy atom. The zero-order valence-electron chi connectivity index (χ0n) is 14.8. The highest BCUT2D eigenvalue weighted by molar-refractivity contribution is 9.10. The minimum atomic E-state index is -0.309. The molecule has 0 amide bonds. The summed E-state index contributed by atoms with van der Waals surface area (Å²) in [6, 6.07) is 11.0. The third-order valence-electron chi connectivity index (χ3n) is 5.85. The number of ether oxygens (including phenoxy) is 1. The average molecular weight is 432 g/mol. The molecule has 1 aromatic heterocycles. The van der Waals surface area contributed by atoms with Gasteiger partial charge >= 0.3 is 0 Å². The van der Waals surface area contributed by atoms with E-state index in [0.29, 0.717) is 0 Å². The summed E-state index contributed by atoms with van der Waals surface area (Å²) in [6.07, 6.45) is 2.94. The quantitative estimate of drug-likeness (QED) is 0.678. The highest BCUT2D eigenvalue weighted by Gasteiger charge is 2.51. The van der Waals surface area contributed by atoms with Crippen LogP contribution < -0.4 is 4.74 Å². The molecule has 26 heavy (non-hydrogen) atoms. The van der Waals surface area contributed by atoms with Gasteiger partial charge in [-0.25, -0.2) is 5.01 Å². The van der Waals surface area contributed by atoms with Gasteiger partial charge in [-0.3, -0.25) is 0 Å². The maximum absolute atomic E-state index is 6.66. The fraction of sp³-hybridized carbons (Fsp3) is 0.450. The van der Waals surface area contributed by atoms with Crippen LogP contribution in [0.1, 0.15) is 42.7 Å². The van der Waals surface area contributed by atoms with Crippen LogP contribution in [-0.2, 0) is 0 Å². The third kappa shape index (κ3) is 2.62. The van der Waals surface area contributed by atoms with Gasteiger partial charge in [0.25, 0.3) is 0 Å². The molecule has 2 aromatic rings. The highest BCUT2D eigenvalue weighted by atomic mass is 79.9. The second kappa shape index (κ2) is 6.36. The summed E-state index contributed by atoms with van der Waals surface area (Å²) in [5.41, 5.74) is 2.13. The molecule has 1 aromatic carbocycles. The Morgan fingerprint density at radius 2 is 2.15 bits per heavy atom. The summed E-state index contributed by atoms with van der Waals surface area (Å²) < 4.78 is 7.76. The molecular weight excluding hydrogens is 410 g/mol. The summed E-state index contributed by atoms with van der Waals surface area (Å²) in [4.78, 5) is 3.78. The van der Waals surface area contributed by atoms with Crippen molar-refractivity contribution >= 4 is 33.0 Å². The number of rotatable bonds is 2. The van der Waals surface area contributed by atoms with Crippen molar-refractivity contribution in [3.05, 3.63) is 50.6 Å². The van der Waals surface area contributed by atoms with Crippen LogP contribution in [0.15, 0.2) is 45.3 Å². The monoisotopic (exact) mass is 431 g/mol. The molecule has 1 unspecified atom stereocenters. The van der Waals surface area contributed by atoms with E-state index in [0.717, 1.165) is 49.1 Å². The molecule has 0 aliphatic carbocycles. The standard InChI is InChI=1S/C20H22BrN3OS/c1-2-23-9-7-20(8-10-23)24-17(13-16(22-24)19-4-3-11-26-19)15-12-14(21)5-6-18(15)25-20/h3-6,11-12,17H,2,7-10,13H2,1H3. The molecule has 3 aliphatic heterocycles. The zero-order valence-corrected chi connectivity index (χ0v) is 17.2. The Morgan fingerprint density at radius 1 is 1.31 bits per heavy atom. The first-order chi connectivity index (χ1) is 12.7. The molecule has 136 valence electrons. The van der Waals surface area contributed by atoms with E-state index in [1.807, 2.05) is 0 Å².